The van der Waals surface area contributed by atoms with E-state index in [1.807, 2.05) is 6.07 Å². The Labute approximate surface area is 117 Å². The fraction of sp³-hybridized carbons (Fsp3) is 0.357. The van der Waals surface area contributed by atoms with Crippen LogP contribution in [0.3, 0.4) is 0 Å². The third-order valence-corrected chi connectivity index (χ3v) is 3.81. The zero-order chi connectivity index (χ0) is 13.0. The van der Waals surface area contributed by atoms with Gasteiger partial charge < -0.3 is 5.32 Å². The molecule has 1 amide bonds. The van der Waals surface area contributed by atoms with E-state index >= 15 is 0 Å². The highest BCUT2D eigenvalue weighted by Gasteiger charge is 2.15. The number of carbonyl (C=O) groups excluding carboxylic acids is 1. The number of halogens is 2. The third kappa shape index (κ3) is 3.76. The Hall–Kier alpha value is -0.990. The maximum Gasteiger partial charge on any atom is 0.244 e. The van der Waals surface area contributed by atoms with Crippen molar-refractivity contribution in [2.45, 2.75) is 31.7 Å². The Bertz CT molecular complexity index is 465. The highest BCUT2D eigenvalue weighted by molar-refractivity contribution is 6.42. The lowest BCUT2D eigenvalue weighted by Crippen LogP contribution is -2.30. The molecular formula is C14H15Cl2NO. The molecule has 2 nitrogen and oxygen atoms in total. The first-order valence-corrected chi connectivity index (χ1v) is 6.84. The molecule has 0 radical (unpaired) electrons. The average molecular weight is 284 g/mol. The molecule has 1 aromatic carbocycles. The van der Waals surface area contributed by atoms with Gasteiger partial charge in [-0.2, -0.15) is 0 Å². The van der Waals surface area contributed by atoms with Crippen LogP contribution >= 0.6 is 23.2 Å². The van der Waals surface area contributed by atoms with E-state index in [0.717, 1.165) is 18.4 Å². The van der Waals surface area contributed by atoms with Gasteiger partial charge in [-0.1, -0.05) is 42.1 Å². The first-order valence-electron chi connectivity index (χ1n) is 6.09. The van der Waals surface area contributed by atoms with Crippen molar-refractivity contribution in [3.8, 4) is 0 Å². The van der Waals surface area contributed by atoms with Gasteiger partial charge in [0.15, 0.2) is 0 Å². The second-order valence-corrected chi connectivity index (χ2v) is 5.31. The molecule has 1 aromatic rings. The van der Waals surface area contributed by atoms with Crippen LogP contribution in [0.1, 0.15) is 31.2 Å². The van der Waals surface area contributed by atoms with Crippen molar-refractivity contribution in [1.82, 2.24) is 5.32 Å². The highest BCUT2D eigenvalue weighted by atomic mass is 35.5. The number of amides is 1. The van der Waals surface area contributed by atoms with Gasteiger partial charge in [-0.05, 0) is 36.6 Å². The Morgan fingerprint density at radius 2 is 1.94 bits per heavy atom. The summed E-state index contributed by atoms with van der Waals surface area (Å²) in [5, 5.41) is 4.00. The molecule has 0 saturated heterocycles. The zero-order valence-electron chi connectivity index (χ0n) is 9.96. The van der Waals surface area contributed by atoms with Crippen molar-refractivity contribution in [2.75, 3.05) is 0 Å². The maximum atomic E-state index is 11.7. The molecule has 0 bridgehead atoms. The molecule has 0 atom stereocenters. The predicted molar refractivity (Wildman–Crippen MR) is 75.9 cm³/mol. The van der Waals surface area contributed by atoms with Gasteiger partial charge in [-0.15, -0.1) is 0 Å². The van der Waals surface area contributed by atoms with Crippen LogP contribution in [0.4, 0.5) is 0 Å². The van der Waals surface area contributed by atoms with E-state index in [-0.39, 0.29) is 5.91 Å². The second kappa shape index (κ2) is 6.26. The Morgan fingerprint density at radius 3 is 2.61 bits per heavy atom. The summed E-state index contributed by atoms with van der Waals surface area (Å²) in [6.07, 6.45) is 7.88. The zero-order valence-corrected chi connectivity index (χ0v) is 11.5. The molecule has 0 aliphatic heterocycles. The number of nitrogens with one attached hydrogen (secondary N) is 1. The van der Waals surface area contributed by atoms with E-state index in [1.165, 1.54) is 18.9 Å². The van der Waals surface area contributed by atoms with Crippen molar-refractivity contribution in [3.05, 3.63) is 39.9 Å². The molecular weight excluding hydrogens is 269 g/mol. The Morgan fingerprint density at radius 1 is 1.22 bits per heavy atom. The van der Waals surface area contributed by atoms with E-state index in [0.29, 0.717) is 16.1 Å². The summed E-state index contributed by atoms with van der Waals surface area (Å²) in [6, 6.07) is 5.63. The fourth-order valence-corrected chi connectivity index (χ4v) is 2.41. The standard InChI is InChI=1S/C14H15Cl2NO/c15-12-7-5-10(9-13(12)16)6-8-14(18)17-11-3-1-2-4-11/h5-9,11H,1-4H2,(H,17,18). The highest BCUT2D eigenvalue weighted by Crippen LogP contribution is 2.23. The first kappa shape index (κ1) is 13.4. The predicted octanol–water partition coefficient (Wildman–Crippen LogP) is 4.07. The van der Waals surface area contributed by atoms with E-state index in [9.17, 15) is 4.79 Å². The van der Waals surface area contributed by atoms with Gasteiger partial charge in [0.05, 0.1) is 10.0 Å². The number of hydrogen-bond acceptors (Lipinski definition) is 1. The lowest BCUT2D eigenvalue weighted by molar-refractivity contribution is -0.117. The molecule has 0 aromatic heterocycles. The minimum absolute atomic E-state index is 0.0482. The van der Waals surface area contributed by atoms with Crippen LogP contribution in [-0.2, 0) is 4.79 Å². The average Bonchev–Trinajstić information content (AvgIpc) is 2.83. The van der Waals surface area contributed by atoms with Crippen molar-refractivity contribution in [3.63, 3.8) is 0 Å². The minimum atomic E-state index is -0.0482. The molecule has 0 unspecified atom stereocenters. The molecule has 1 aliphatic rings. The van der Waals surface area contributed by atoms with Crippen molar-refractivity contribution in [1.29, 1.82) is 0 Å². The molecule has 4 heteroatoms. The lowest BCUT2D eigenvalue weighted by atomic mass is 10.2. The summed E-state index contributed by atoms with van der Waals surface area (Å²) in [6.45, 7) is 0. The van der Waals surface area contributed by atoms with Crippen molar-refractivity contribution >= 4 is 35.2 Å². The van der Waals surface area contributed by atoms with Crippen molar-refractivity contribution in [2.24, 2.45) is 0 Å². The molecule has 0 spiro atoms. The largest absolute Gasteiger partial charge is 0.350 e. The van der Waals surface area contributed by atoms with E-state index in [2.05, 4.69) is 5.32 Å². The van der Waals surface area contributed by atoms with Gasteiger partial charge in [0.2, 0.25) is 5.91 Å². The molecule has 1 saturated carbocycles. The fourth-order valence-electron chi connectivity index (χ4n) is 2.11. The van der Waals surface area contributed by atoms with E-state index in [4.69, 9.17) is 23.2 Å². The summed E-state index contributed by atoms with van der Waals surface area (Å²) in [7, 11) is 0. The van der Waals surface area contributed by atoms with Gasteiger partial charge in [-0.25, -0.2) is 0 Å². The topological polar surface area (TPSA) is 29.1 Å². The van der Waals surface area contributed by atoms with E-state index in [1.54, 1.807) is 18.2 Å². The van der Waals surface area contributed by atoms with Crippen molar-refractivity contribution < 1.29 is 4.79 Å². The van der Waals surface area contributed by atoms with Crippen LogP contribution in [0.15, 0.2) is 24.3 Å². The molecule has 0 heterocycles. The molecule has 1 N–H and O–H groups in total. The molecule has 1 aliphatic carbocycles. The van der Waals surface area contributed by atoms with Gasteiger partial charge in [0.1, 0.15) is 0 Å². The number of benzene rings is 1. The third-order valence-electron chi connectivity index (χ3n) is 3.07. The Balaban J connectivity index is 1.92. The van der Waals surface area contributed by atoms with Gasteiger partial charge in [0.25, 0.3) is 0 Å². The number of carbonyl (C=O) groups is 1. The molecule has 96 valence electrons. The van der Waals surface area contributed by atoms with Gasteiger partial charge in [-0.3, -0.25) is 4.79 Å². The first-order chi connectivity index (χ1) is 8.65. The second-order valence-electron chi connectivity index (χ2n) is 4.50. The Kier molecular flexibility index (Phi) is 4.67. The number of hydrogen-bond donors (Lipinski definition) is 1. The van der Waals surface area contributed by atoms with Crippen LogP contribution in [0, 0.1) is 0 Å². The van der Waals surface area contributed by atoms with Crippen LogP contribution in [0.5, 0.6) is 0 Å². The van der Waals surface area contributed by atoms with Crippen LogP contribution < -0.4 is 5.32 Å². The lowest BCUT2D eigenvalue weighted by Gasteiger charge is -2.09. The monoisotopic (exact) mass is 283 g/mol. The summed E-state index contributed by atoms with van der Waals surface area (Å²) >= 11 is 11.7. The number of rotatable bonds is 3. The maximum absolute atomic E-state index is 11.7. The summed E-state index contributed by atoms with van der Waals surface area (Å²) in [5.41, 5.74) is 0.867. The van der Waals surface area contributed by atoms with E-state index < -0.39 is 0 Å². The summed E-state index contributed by atoms with van der Waals surface area (Å²) in [4.78, 5) is 11.7. The van der Waals surface area contributed by atoms with Crippen LogP contribution in [-0.4, -0.2) is 11.9 Å². The SMILES string of the molecule is O=C(C=Cc1ccc(Cl)c(Cl)c1)NC1CCCC1. The van der Waals surface area contributed by atoms with Gasteiger partial charge >= 0.3 is 0 Å². The molecule has 1 fully saturated rings. The van der Waals surface area contributed by atoms with Crippen LogP contribution in [0.25, 0.3) is 6.08 Å². The van der Waals surface area contributed by atoms with Crippen LogP contribution in [0.2, 0.25) is 10.0 Å². The minimum Gasteiger partial charge on any atom is -0.350 e. The quantitative estimate of drug-likeness (QED) is 0.833. The normalized spacial score (nSPS) is 16.3. The molecule has 18 heavy (non-hydrogen) atoms. The van der Waals surface area contributed by atoms with Gasteiger partial charge in [0, 0.05) is 12.1 Å². The summed E-state index contributed by atoms with van der Waals surface area (Å²) < 4.78 is 0. The molecule has 2 rings (SSSR count). The smallest absolute Gasteiger partial charge is 0.244 e. The summed E-state index contributed by atoms with van der Waals surface area (Å²) in [5.74, 6) is -0.0482.